The average molecular weight is 224 g/mol. The summed E-state index contributed by atoms with van der Waals surface area (Å²) in [6.45, 7) is 9.67. The summed E-state index contributed by atoms with van der Waals surface area (Å²) in [5.74, 6) is 0.157. The van der Waals surface area contributed by atoms with E-state index >= 15 is 0 Å². The van der Waals surface area contributed by atoms with Gasteiger partial charge in [-0.2, -0.15) is 0 Å². The molecular weight excluding hydrogens is 200 g/mol. The van der Waals surface area contributed by atoms with Crippen LogP contribution >= 0.6 is 0 Å². The van der Waals surface area contributed by atoms with Gasteiger partial charge in [-0.05, 0) is 38.5 Å². The predicted octanol–water partition coefficient (Wildman–Crippen LogP) is 3.85. The van der Waals surface area contributed by atoms with Gasteiger partial charge >= 0.3 is 5.97 Å². The standard InChI is InChI=1S/C14H24O2/c1-11(2)13(15)16-14(12(3)4)9-7-5-6-8-10-14/h12H,1,5-10H2,2-4H3. The maximum absolute atomic E-state index is 11.7. The molecule has 2 heteroatoms. The Hall–Kier alpha value is -0.790. The summed E-state index contributed by atoms with van der Waals surface area (Å²) in [7, 11) is 0. The lowest BCUT2D eigenvalue weighted by molar-refractivity contribution is -0.162. The molecule has 0 atom stereocenters. The first-order valence-electron chi connectivity index (χ1n) is 6.37. The second-order valence-corrected chi connectivity index (χ2v) is 5.30. The van der Waals surface area contributed by atoms with E-state index in [1.165, 1.54) is 25.7 Å². The fraction of sp³-hybridized carbons (Fsp3) is 0.786. The number of esters is 1. The normalized spacial score (nSPS) is 20.2. The van der Waals surface area contributed by atoms with Crippen LogP contribution < -0.4 is 0 Å². The Morgan fingerprint density at radius 3 is 2.06 bits per heavy atom. The van der Waals surface area contributed by atoms with Gasteiger partial charge in [-0.15, -0.1) is 0 Å². The van der Waals surface area contributed by atoms with Crippen LogP contribution in [0.2, 0.25) is 0 Å². The SMILES string of the molecule is C=C(C)C(=O)OC1(C(C)C)CCCCCC1. The molecule has 1 aliphatic rings. The second kappa shape index (κ2) is 5.51. The maximum atomic E-state index is 11.7. The summed E-state index contributed by atoms with van der Waals surface area (Å²) in [5.41, 5.74) is 0.260. The van der Waals surface area contributed by atoms with Crippen LogP contribution in [-0.4, -0.2) is 11.6 Å². The van der Waals surface area contributed by atoms with E-state index < -0.39 is 0 Å². The van der Waals surface area contributed by atoms with E-state index in [-0.39, 0.29) is 11.6 Å². The summed E-state index contributed by atoms with van der Waals surface area (Å²) < 4.78 is 5.74. The van der Waals surface area contributed by atoms with E-state index in [0.29, 0.717) is 11.5 Å². The van der Waals surface area contributed by atoms with E-state index in [4.69, 9.17) is 4.74 Å². The molecule has 0 aromatic carbocycles. The number of ether oxygens (including phenoxy) is 1. The second-order valence-electron chi connectivity index (χ2n) is 5.30. The third kappa shape index (κ3) is 3.10. The summed E-state index contributed by atoms with van der Waals surface area (Å²) in [5, 5.41) is 0. The van der Waals surface area contributed by atoms with Crippen LogP contribution in [0.4, 0.5) is 0 Å². The Kier molecular flexibility index (Phi) is 4.57. The van der Waals surface area contributed by atoms with E-state index in [1.807, 2.05) is 0 Å². The molecule has 92 valence electrons. The van der Waals surface area contributed by atoms with Crippen molar-refractivity contribution < 1.29 is 9.53 Å². The molecule has 0 N–H and O–H groups in total. The number of carbonyl (C=O) groups excluding carboxylic acids is 1. The lowest BCUT2D eigenvalue weighted by Gasteiger charge is -2.36. The van der Waals surface area contributed by atoms with Crippen LogP contribution in [0.3, 0.4) is 0 Å². The zero-order chi connectivity index (χ0) is 12.2. The van der Waals surface area contributed by atoms with Crippen molar-refractivity contribution in [1.29, 1.82) is 0 Å². The van der Waals surface area contributed by atoms with Crippen molar-refractivity contribution >= 4 is 5.97 Å². The number of carbonyl (C=O) groups is 1. The Balaban J connectivity index is 2.78. The van der Waals surface area contributed by atoms with Gasteiger partial charge in [-0.3, -0.25) is 0 Å². The predicted molar refractivity (Wildman–Crippen MR) is 66.2 cm³/mol. The Labute approximate surface area is 99.1 Å². The summed E-state index contributed by atoms with van der Waals surface area (Å²) in [6, 6.07) is 0. The molecule has 0 aromatic heterocycles. The third-order valence-electron chi connectivity index (χ3n) is 3.65. The maximum Gasteiger partial charge on any atom is 0.333 e. The number of hydrogen-bond acceptors (Lipinski definition) is 2. The van der Waals surface area contributed by atoms with Crippen molar-refractivity contribution in [3.63, 3.8) is 0 Å². The Bertz CT molecular complexity index is 258. The molecule has 2 nitrogen and oxygen atoms in total. The van der Waals surface area contributed by atoms with Gasteiger partial charge in [0.2, 0.25) is 0 Å². The van der Waals surface area contributed by atoms with E-state index in [9.17, 15) is 4.79 Å². The summed E-state index contributed by atoms with van der Waals surface area (Å²) >= 11 is 0. The van der Waals surface area contributed by atoms with Crippen molar-refractivity contribution in [2.45, 2.75) is 64.9 Å². The van der Waals surface area contributed by atoms with E-state index in [2.05, 4.69) is 20.4 Å². The molecule has 0 radical (unpaired) electrons. The highest BCUT2D eigenvalue weighted by Gasteiger charge is 2.37. The minimum Gasteiger partial charge on any atom is -0.455 e. The molecule has 0 unspecified atom stereocenters. The van der Waals surface area contributed by atoms with Crippen LogP contribution in [0, 0.1) is 5.92 Å². The highest BCUT2D eigenvalue weighted by atomic mass is 16.6. The van der Waals surface area contributed by atoms with Crippen molar-refractivity contribution in [3.05, 3.63) is 12.2 Å². The fourth-order valence-corrected chi connectivity index (χ4v) is 2.40. The van der Waals surface area contributed by atoms with Crippen molar-refractivity contribution in [1.82, 2.24) is 0 Å². The van der Waals surface area contributed by atoms with Crippen LogP contribution in [0.1, 0.15) is 59.3 Å². The van der Waals surface area contributed by atoms with Gasteiger partial charge in [0.1, 0.15) is 5.60 Å². The zero-order valence-corrected chi connectivity index (χ0v) is 10.8. The van der Waals surface area contributed by atoms with Gasteiger partial charge in [0.25, 0.3) is 0 Å². The highest BCUT2D eigenvalue weighted by Crippen LogP contribution is 2.37. The molecule has 0 spiro atoms. The molecular formula is C14H24O2. The van der Waals surface area contributed by atoms with E-state index in [0.717, 1.165) is 12.8 Å². The topological polar surface area (TPSA) is 26.3 Å². The first kappa shape index (κ1) is 13.3. The molecule has 1 rings (SSSR count). The fourth-order valence-electron chi connectivity index (χ4n) is 2.40. The molecule has 0 aliphatic heterocycles. The number of rotatable bonds is 3. The minimum absolute atomic E-state index is 0.226. The smallest absolute Gasteiger partial charge is 0.333 e. The molecule has 0 aromatic rings. The van der Waals surface area contributed by atoms with Gasteiger partial charge in [0.05, 0.1) is 0 Å². The molecule has 0 saturated heterocycles. The van der Waals surface area contributed by atoms with Crippen LogP contribution in [0.25, 0.3) is 0 Å². The number of hydrogen-bond donors (Lipinski definition) is 0. The molecule has 0 heterocycles. The summed E-state index contributed by atoms with van der Waals surface area (Å²) in [4.78, 5) is 11.7. The molecule has 1 aliphatic carbocycles. The van der Waals surface area contributed by atoms with Crippen molar-refractivity contribution in [2.75, 3.05) is 0 Å². The summed E-state index contributed by atoms with van der Waals surface area (Å²) in [6.07, 6.45) is 6.87. The highest BCUT2D eigenvalue weighted by molar-refractivity contribution is 5.87. The van der Waals surface area contributed by atoms with Crippen molar-refractivity contribution in [3.8, 4) is 0 Å². The molecule has 1 saturated carbocycles. The van der Waals surface area contributed by atoms with Gasteiger partial charge in [-0.25, -0.2) is 4.79 Å². The minimum atomic E-state index is -0.244. The lowest BCUT2D eigenvalue weighted by atomic mass is 9.83. The average Bonchev–Trinajstić information content (AvgIpc) is 2.44. The molecule has 1 fully saturated rings. The van der Waals surface area contributed by atoms with Gasteiger partial charge in [0.15, 0.2) is 0 Å². The monoisotopic (exact) mass is 224 g/mol. The van der Waals surface area contributed by atoms with Crippen LogP contribution in [0.15, 0.2) is 12.2 Å². The van der Waals surface area contributed by atoms with Gasteiger partial charge < -0.3 is 4.74 Å². The van der Waals surface area contributed by atoms with Crippen LogP contribution in [-0.2, 0) is 9.53 Å². The van der Waals surface area contributed by atoms with Crippen LogP contribution in [0.5, 0.6) is 0 Å². The van der Waals surface area contributed by atoms with Crippen molar-refractivity contribution in [2.24, 2.45) is 5.92 Å². The zero-order valence-electron chi connectivity index (χ0n) is 10.8. The quantitative estimate of drug-likeness (QED) is 0.413. The van der Waals surface area contributed by atoms with Gasteiger partial charge in [-0.1, -0.05) is 33.3 Å². The molecule has 0 amide bonds. The first-order valence-corrected chi connectivity index (χ1v) is 6.37. The van der Waals surface area contributed by atoms with E-state index in [1.54, 1.807) is 6.92 Å². The third-order valence-corrected chi connectivity index (χ3v) is 3.65. The molecule has 16 heavy (non-hydrogen) atoms. The molecule has 0 bridgehead atoms. The Morgan fingerprint density at radius 1 is 1.19 bits per heavy atom. The first-order chi connectivity index (χ1) is 7.48. The Morgan fingerprint density at radius 2 is 1.69 bits per heavy atom. The largest absolute Gasteiger partial charge is 0.455 e. The van der Waals surface area contributed by atoms with Gasteiger partial charge in [0, 0.05) is 5.57 Å². The lowest BCUT2D eigenvalue weighted by Crippen LogP contribution is -2.40.